The lowest BCUT2D eigenvalue weighted by atomic mass is 9.96. The number of amides is 1. The number of fused-ring (bicyclic) bond motifs is 1. The fraction of sp³-hybridized carbons (Fsp3) is 0.591. The molecule has 0 N–H and O–H groups in total. The lowest BCUT2D eigenvalue weighted by Crippen LogP contribution is -2.44. The van der Waals surface area contributed by atoms with E-state index < -0.39 is 10.0 Å². The SMILES string of the molecule is CCCCS(=O)(=O)N1CCC(C(=O)N(C)Cc2c(CC)oc3ccccc23)CC1. The molecule has 1 fully saturated rings. The van der Waals surface area contributed by atoms with Gasteiger partial charge in [-0.05, 0) is 25.3 Å². The van der Waals surface area contributed by atoms with Crippen molar-refractivity contribution in [3.63, 3.8) is 0 Å². The van der Waals surface area contributed by atoms with Crippen LogP contribution in [0.3, 0.4) is 0 Å². The summed E-state index contributed by atoms with van der Waals surface area (Å²) in [4.78, 5) is 14.8. The molecule has 2 aromatic rings. The summed E-state index contributed by atoms with van der Waals surface area (Å²) in [5, 5.41) is 1.06. The molecule has 1 aliphatic rings. The van der Waals surface area contributed by atoms with Crippen molar-refractivity contribution >= 4 is 26.9 Å². The molecule has 0 radical (unpaired) electrons. The van der Waals surface area contributed by atoms with Crippen LogP contribution in [0.15, 0.2) is 28.7 Å². The second-order valence-electron chi connectivity index (χ2n) is 7.89. The Labute approximate surface area is 173 Å². The predicted molar refractivity (Wildman–Crippen MR) is 115 cm³/mol. The number of para-hydroxylation sites is 1. The van der Waals surface area contributed by atoms with Gasteiger partial charge < -0.3 is 9.32 Å². The molecule has 1 amide bonds. The third-order valence-corrected chi connectivity index (χ3v) is 7.78. The van der Waals surface area contributed by atoms with E-state index in [1.54, 1.807) is 9.21 Å². The van der Waals surface area contributed by atoms with E-state index in [4.69, 9.17) is 4.42 Å². The van der Waals surface area contributed by atoms with Gasteiger partial charge in [-0.2, -0.15) is 0 Å². The highest BCUT2D eigenvalue weighted by atomic mass is 32.2. The van der Waals surface area contributed by atoms with Gasteiger partial charge in [0.25, 0.3) is 0 Å². The highest BCUT2D eigenvalue weighted by molar-refractivity contribution is 7.89. The summed E-state index contributed by atoms with van der Waals surface area (Å²) < 4.78 is 32.3. The quantitative estimate of drug-likeness (QED) is 0.651. The molecule has 160 valence electrons. The summed E-state index contributed by atoms with van der Waals surface area (Å²) in [5.74, 6) is 1.08. The van der Waals surface area contributed by atoms with Crippen LogP contribution in [0.1, 0.15) is 50.9 Å². The molecule has 2 heterocycles. The fourth-order valence-corrected chi connectivity index (χ4v) is 5.75. The second-order valence-corrected chi connectivity index (χ2v) is 9.98. The Kier molecular flexibility index (Phi) is 7.01. The van der Waals surface area contributed by atoms with E-state index in [9.17, 15) is 13.2 Å². The van der Waals surface area contributed by atoms with Gasteiger partial charge in [0.05, 0.1) is 5.75 Å². The molecule has 0 atom stereocenters. The Morgan fingerprint density at radius 1 is 1.21 bits per heavy atom. The summed E-state index contributed by atoms with van der Waals surface area (Å²) in [5.41, 5.74) is 1.92. The smallest absolute Gasteiger partial charge is 0.225 e. The van der Waals surface area contributed by atoms with Crippen LogP contribution in [-0.4, -0.2) is 49.4 Å². The van der Waals surface area contributed by atoms with Crippen molar-refractivity contribution in [2.75, 3.05) is 25.9 Å². The maximum absolute atomic E-state index is 13.0. The topological polar surface area (TPSA) is 70.8 Å². The van der Waals surface area contributed by atoms with E-state index in [2.05, 4.69) is 6.92 Å². The molecular formula is C22H32N2O4S. The molecule has 0 aliphatic carbocycles. The number of aryl methyl sites for hydroxylation is 1. The predicted octanol–water partition coefficient (Wildman–Crippen LogP) is 3.80. The minimum atomic E-state index is -3.19. The Bertz CT molecular complexity index is 943. The standard InChI is InChI=1S/C22H32N2O4S/c1-4-6-15-29(26,27)24-13-11-17(12-14-24)22(25)23(3)16-19-18-9-7-8-10-21(18)28-20(19)5-2/h7-10,17H,4-6,11-16H2,1-3H3. The van der Waals surface area contributed by atoms with Crippen LogP contribution in [0.25, 0.3) is 11.0 Å². The van der Waals surface area contributed by atoms with Crippen LogP contribution >= 0.6 is 0 Å². The monoisotopic (exact) mass is 420 g/mol. The minimum Gasteiger partial charge on any atom is -0.461 e. The number of nitrogens with zero attached hydrogens (tertiary/aromatic N) is 2. The number of hydrogen-bond acceptors (Lipinski definition) is 4. The van der Waals surface area contributed by atoms with Crippen molar-refractivity contribution in [3.05, 3.63) is 35.6 Å². The minimum absolute atomic E-state index is 0.0861. The van der Waals surface area contributed by atoms with Crippen LogP contribution in [0.2, 0.25) is 0 Å². The van der Waals surface area contributed by atoms with Gasteiger partial charge in [0.1, 0.15) is 11.3 Å². The summed E-state index contributed by atoms with van der Waals surface area (Å²) in [6, 6.07) is 7.92. The maximum atomic E-state index is 13.0. The number of carbonyl (C=O) groups is 1. The molecule has 0 saturated carbocycles. The molecule has 1 saturated heterocycles. The van der Waals surface area contributed by atoms with Crippen LogP contribution < -0.4 is 0 Å². The second kappa shape index (κ2) is 9.30. The lowest BCUT2D eigenvalue weighted by molar-refractivity contribution is -0.135. The largest absolute Gasteiger partial charge is 0.461 e. The summed E-state index contributed by atoms with van der Waals surface area (Å²) in [6.07, 6.45) is 3.49. The molecular weight excluding hydrogens is 388 g/mol. The van der Waals surface area contributed by atoms with Crippen molar-refractivity contribution in [2.24, 2.45) is 5.92 Å². The van der Waals surface area contributed by atoms with Gasteiger partial charge in [-0.1, -0.05) is 38.5 Å². The number of rotatable bonds is 8. The van der Waals surface area contributed by atoms with Crippen molar-refractivity contribution in [1.82, 2.24) is 9.21 Å². The first-order chi connectivity index (χ1) is 13.9. The Morgan fingerprint density at radius 2 is 1.90 bits per heavy atom. The van der Waals surface area contributed by atoms with Crippen molar-refractivity contribution in [2.45, 2.75) is 52.5 Å². The molecule has 7 heteroatoms. The first kappa shape index (κ1) is 21.8. The van der Waals surface area contributed by atoms with E-state index in [0.29, 0.717) is 38.9 Å². The van der Waals surface area contributed by atoms with Crippen LogP contribution in [0, 0.1) is 5.92 Å². The van der Waals surface area contributed by atoms with Gasteiger partial charge in [-0.15, -0.1) is 0 Å². The fourth-order valence-electron chi connectivity index (χ4n) is 4.07. The normalized spacial score (nSPS) is 16.4. The Balaban J connectivity index is 1.64. The highest BCUT2D eigenvalue weighted by Crippen LogP contribution is 2.29. The number of furan rings is 1. The van der Waals surface area contributed by atoms with E-state index in [-0.39, 0.29) is 17.6 Å². The zero-order valence-electron chi connectivity index (χ0n) is 17.7. The number of carbonyl (C=O) groups excluding carboxylic acids is 1. The van der Waals surface area contributed by atoms with Gasteiger partial charge in [0.15, 0.2) is 0 Å². The lowest BCUT2D eigenvalue weighted by Gasteiger charge is -2.32. The van der Waals surface area contributed by atoms with Crippen LogP contribution in [0.5, 0.6) is 0 Å². The van der Waals surface area contributed by atoms with E-state index in [1.165, 1.54) is 0 Å². The zero-order valence-corrected chi connectivity index (χ0v) is 18.5. The van der Waals surface area contributed by atoms with Crippen molar-refractivity contribution < 1.29 is 17.6 Å². The third kappa shape index (κ3) is 4.83. The molecule has 1 aromatic heterocycles. The number of unbranched alkanes of at least 4 members (excludes halogenated alkanes) is 1. The van der Waals surface area contributed by atoms with E-state index in [0.717, 1.165) is 35.1 Å². The van der Waals surface area contributed by atoms with Crippen molar-refractivity contribution in [1.29, 1.82) is 0 Å². The molecule has 0 spiro atoms. The van der Waals surface area contributed by atoms with Gasteiger partial charge >= 0.3 is 0 Å². The van der Waals surface area contributed by atoms with Gasteiger partial charge in [0, 0.05) is 50.0 Å². The summed E-state index contributed by atoms with van der Waals surface area (Å²) in [6.45, 7) is 5.42. The molecule has 0 unspecified atom stereocenters. The highest BCUT2D eigenvalue weighted by Gasteiger charge is 2.32. The van der Waals surface area contributed by atoms with Crippen LogP contribution in [-0.2, 0) is 27.8 Å². The first-order valence-corrected chi connectivity index (χ1v) is 12.2. The maximum Gasteiger partial charge on any atom is 0.225 e. The summed E-state index contributed by atoms with van der Waals surface area (Å²) in [7, 11) is -1.37. The Hall–Kier alpha value is -1.86. The zero-order chi connectivity index (χ0) is 21.0. The number of benzene rings is 1. The molecule has 1 aromatic carbocycles. The number of sulfonamides is 1. The van der Waals surface area contributed by atoms with E-state index in [1.807, 2.05) is 38.2 Å². The number of hydrogen-bond donors (Lipinski definition) is 0. The molecule has 29 heavy (non-hydrogen) atoms. The number of piperidine rings is 1. The molecule has 3 rings (SSSR count). The average Bonchev–Trinajstić information content (AvgIpc) is 3.09. The van der Waals surface area contributed by atoms with E-state index >= 15 is 0 Å². The average molecular weight is 421 g/mol. The molecule has 6 nitrogen and oxygen atoms in total. The molecule has 1 aliphatic heterocycles. The van der Waals surface area contributed by atoms with Gasteiger partial charge in [0.2, 0.25) is 15.9 Å². The first-order valence-electron chi connectivity index (χ1n) is 10.6. The summed E-state index contributed by atoms with van der Waals surface area (Å²) >= 11 is 0. The molecule has 0 bridgehead atoms. The Morgan fingerprint density at radius 3 is 2.55 bits per heavy atom. The van der Waals surface area contributed by atoms with Gasteiger partial charge in [-0.3, -0.25) is 4.79 Å². The third-order valence-electron chi connectivity index (χ3n) is 5.83. The van der Waals surface area contributed by atoms with Crippen LogP contribution in [0.4, 0.5) is 0 Å². The van der Waals surface area contributed by atoms with Crippen molar-refractivity contribution in [3.8, 4) is 0 Å². The van der Waals surface area contributed by atoms with Gasteiger partial charge in [-0.25, -0.2) is 12.7 Å².